The Morgan fingerprint density at radius 2 is 2.12 bits per heavy atom. The lowest BCUT2D eigenvalue weighted by molar-refractivity contribution is 0.362. The first-order valence-electron chi connectivity index (χ1n) is 5.05. The van der Waals surface area contributed by atoms with Gasteiger partial charge in [0, 0.05) is 6.07 Å². The van der Waals surface area contributed by atoms with Crippen LogP contribution in [0.4, 0.5) is 0 Å². The van der Waals surface area contributed by atoms with E-state index in [1.165, 1.54) is 6.07 Å². The van der Waals surface area contributed by atoms with E-state index in [2.05, 4.69) is 6.58 Å². The molecule has 0 amide bonds. The Balaban J connectivity index is 2.82. The third-order valence-electron chi connectivity index (χ3n) is 2.46. The van der Waals surface area contributed by atoms with Crippen LogP contribution in [0, 0.1) is 6.92 Å². The molecule has 0 unspecified atom stereocenters. The number of aryl methyl sites for hydroxylation is 1. The molecule has 0 bridgehead atoms. The number of hydrogen-bond donors (Lipinski definition) is 0. The average molecular weight is 232 g/mol. The lowest BCUT2D eigenvalue weighted by Gasteiger charge is -2.04. The van der Waals surface area contributed by atoms with Crippen LogP contribution >= 0.6 is 0 Å². The van der Waals surface area contributed by atoms with Gasteiger partial charge in [0.25, 0.3) is 0 Å². The molecule has 0 saturated carbocycles. The zero-order valence-electron chi connectivity index (χ0n) is 9.65. The predicted octanol–water partition coefficient (Wildman–Crippen LogP) is 0.754. The van der Waals surface area contributed by atoms with Gasteiger partial charge in [-0.05, 0) is 19.1 Å². The lowest BCUT2D eigenvalue weighted by atomic mass is 10.2. The summed E-state index contributed by atoms with van der Waals surface area (Å²) < 4.78 is 15.5. The van der Waals surface area contributed by atoms with Crippen LogP contribution in [0.15, 0.2) is 38.1 Å². The van der Waals surface area contributed by atoms with Crippen LogP contribution < -0.4 is 16.3 Å². The zero-order chi connectivity index (χ0) is 12.4. The monoisotopic (exact) mass is 232 g/mol. The Hall–Kier alpha value is -2.23. The van der Waals surface area contributed by atoms with Crippen LogP contribution in [0.25, 0.3) is 12.3 Å². The second-order valence-corrected chi connectivity index (χ2v) is 3.51. The summed E-state index contributed by atoms with van der Waals surface area (Å²) in [5, 5.41) is 0.636. The number of ether oxygens (including phenoxy) is 1. The van der Waals surface area contributed by atoms with E-state index in [-0.39, 0.29) is 5.42 Å². The fourth-order valence-electron chi connectivity index (χ4n) is 1.64. The van der Waals surface area contributed by atoms with Crippen LogP contribution in [-0.2, 0) is 4.74 Å². The molecule has 88 valence electrons. The van der Waals surface area contributed by atoms with Gasteiger partial charge in [-0.2, -0.15) is 0 Å². The molecule has 0 spiro atoms. The van der Waals surface area contributed by atoms with Crippen molar-refractivity contribution in [3.05, 3.63) is 56.8 Å². The third kappa shape index (κ3) is 2.01. The van der Waals surface area contributed by atoms with Gasteiger partial charge in [0.05, 0.1) is 24.2 Å². The fourth-order valence-corrected chi connectivity index (χ4v) is 1.64. The molecule has 0 N–H and O–H groups in total. The minimum atomic E-state index is -0.432. The molecule has 0 atom stereocenters. The van der Waals surface area contributed by atoms with E-state index in [1.54, 1.807) is 25.5 Å². The molecular formula is C13H12O4. The van der Waals surface area contributed by atoms with Crippen molar-refractivity contribution < 1.29 is 13.6 Å². The summed E-state index contributed by atoms with van der Waals surface area (Å²) in [6.45, 7) is 5.52. The summed E-state index contributed by atoms with van der Waals surface area (Å²) in [6, 6.07) is 4.75. The highest BCUT2D eigenvalue weighted by Gasteiger charge is 2.09. The number of furan rings is 1. The van der Waals surface area contributed by atoms with Crippen LogP contribution in [0.2, 0.25) is 0 Å². The standard InChI is InChI=1S/C13H12O4/c1-8-11(6-7-16-8)13(15-3)10-4-5-12(14)17-9(10)2/h4-7H,2H2,1,3H3/b13-10+. The highest BCUT2D eigenvalue weighted by atomic mass is 16.5. The summed E-state index contributed by atoms with van der Waals surface area (Å²) in [7, 11) is 1.55. The second kappa shape index (κ2) is 4.33. The van der Waals surface area contributed by atoms with Crippen molar-refractivity contribution in [3.63, 3.8) is 0 Å². The Labute approximate surface area is 97.4 Å². The smallest absolute Gasteiger partial charge is 0.336 e. The van der Waals surface area contributed by atoms with Gasteiger partial charge in [-0.25, -0.2) is 4.79 Å². The summed E-state index contributed by atoms with van der Waals surface area (Å²) in [6.07, 6.45) is 1.57. The first kappa shape index (κ1) is 11.3. The Bertz CT molecular complexity index is 691. The Kier molecular flexibility index (Phi) is 2.87. The van der Waals surface area contributed by atoms with Gasteiger partial charge in [-0.1, -0.05) is 6.58 Å². The summed E-state index contributed by atoms with van der Waals surface area (Å²) >= 11 is 0. The molecule has 2 aromatic rings. The Morgan fingerprint density at radius 3 is 2.65 bits per heavy atom. The van der Waals surface area contributed by atoms with Gasteiger partial charge < -0.3 is 13.6 Å². The van der Waals surface area contributed by atoms with Crippen molar-refractivity contribution in [2.75, 3.05) is 7.11 Å². The van der Waals surface area contributed by atoms with E-state index < -0.39 is 5.63 Å². The van der Waals surface area contributed by atoms with Crippen molar-refractivity contribution in [1.82, 2.24) is 0 Å². The van der Waals surface area contributed by atoms with Crippen molar-refractivity contribution in [1.29, 1.82) is 0 Å². The van der Waals surface area contributed by atoms with Gasteiger partial charge in [0.15, 0.2) is 0 Å². The van der Waals surface area contributed by atoms with E-state index in [1.807, 2.05) is 6.92 Å². The minimum Gasteiger partial charge on any atom is -0.495 e. The molecule has 0 aliphatic rings. The molecular weight excluding hydrogens is 220 g/mol. The largest absolute Gasteiger partial charge is 0.495 e. The number of hydrogen-bond acceptors (Lipinski definition) is 4. The highest BCUT2D eigenvalue weighted by Crippen LogP contribution is 2.17. The molecule has 2 heterocycles. The Morgan fingerprint density at radius 1 is 1.35 bits per heavy atom. The lowest BCUT2D eigenvalue weighted by Crippen LogP contribution is -2.30. The summed E-state index contributed by atoms with van der Waals surface area (Å²) in [5.41, 5.74) is 0.652. The number of methoxy groups -OCH3 is 1. The quantitative estimate of drug-likeness (QED) is 0.767. The molecule has 2 rings (SSSR count). The first-order valence-corrected chi connectivity index (χ1v) is 5.05. The molecule has 2 aromatic heterocycles. The minimum absolute atomic E-state index is 0.273. The van der Waals surface area contributed by atoms with Crippen molar-refractivity contribution >= 4 is 12.3 Å². The maximum atomic E-state index is 11.0. The molecule has 17 heavy (non-hydrogen) atoms. The normalized spacial score (nSPS) is 12.4. The summed E-state index contributed by atoms with van der Waals surface area (Å²) in [5.74, 6) is 1.30. The van der Waals surface area contributed by atoms with Crippen LogP contribution in [0.1, 0.15) is 11.3 Å². The number of rotatable bonds is 2. The van der Waals surface area contributed by atoms with E-state index in [4.69, 9.17) is 13.6 Å². The molecule has 4 heteroatoms. The molecule has 0 aromatic carbocycles. The van der Waals surface area contributed by atoms with E-state index in [9.17, 15) is 4.79 Å². The second-order valence-electron chi connectivity index (χ2n) is 3.51. The van der Waals surface area contributed by atoms with E-state index >= 15 is 0 Å². The van der Waals surface area contributed by atoms with Crippen molar-refractivity contribution in [2.24, 2.45) is 0 Å². The third-order valence-corrected chi connectivity index (χ3v) is 2.46. The molecule has 0 saturated heterocycles. The predicted molar refractivity (Wildman–Crippen MR) is 62.7 cm³/mol. The summed E-state index contributed by atoms with van der Waals surface area (Å²) in [4.78, 5) is 11.0. The molecule has 0 aliphatic heterocycles. The van der Waals surface area contributed by atoms with Gasteiger partial charge >= 0.3 is 5.63 Å². The maximum absolute atomic E-state index is 11.0. The molecule has 4 nitrogen and oxygen atoms in total. The van der Waals surface area contributed by atoms with Gasteiger partial charge in [0.2, 0.25) is 0 Å². The maximum Gasteiger partial charge on any atom is 0.336 e. The van der Waals surface area contributed by atoms with Crippen molar-refractivity contribution in [2.45, 2.75) is 6.92 Å². The molecule has 0 fully saturated rings. The SMILES string of the molecule is C=c1oc(=O)cc/c1=C(\OC)c1ccoc1C. The van der Waals surface area contributed by atoms with Crippen LogP contribution in [0.5, 0.6) is 0 Å². The van der Waals surface area contributed by atoms with Gasteiger partial charge in [0.1, 0.15) is 16.9 Å². The van der Waals surface area contributed by atoms with Crippen molar-refractivity contribution in [3.8, 4) is 0 Å². The fraction of sp³-hybridized carbons (Fsp3) is 0.154. The van der Waals surface area contributed by atoms with Gasteiger partial charge in [-0.15, -0.1) is 0 Å². The van der Waals surface area contributed by atoms with Crippen LogP contribution in [0.3, 0.4) is 0 Å². The van der Waals surface area contributed by atoms with Gasteiger partial charge in [-0.3, -0.25) is 0 Å². The molecule has 0 radical (unpaired) electrons. The molecule has 0 aliphatic carbocycles. The van der Waals surface area contributed by atoms with E-state index in [0.29, 0.717) is 11.0 Å². The van der Waals surface area contributed by atoms with E-state index in [0.717, 1.165) is 11.3 Å². The topological polar surface area (TPSA) is 52.6 Å². The highest BCUT2D eigenvalue weighted by molar-refractivity contribution is 5.60. The zero-order valence-corrected chi connectivity index (χ0v) is 9.65. The average Bonchev–Trinajstić information content (AvgIpc) is 2.69. The van der Waals surface area contributed by atoms with Crippen LogP contribution in [-0.4, -0.2) is 7.11 Å². The first-order chi connectivity index (χ1) is 8.13.